The van der Waals surface area contributed by atoms with E-state index in [9.17, 15) is 9.00 Å². The van der Waals surface area contributed by atoms with Crippen LogP contribution in [-0.4, -0.2) is 15.4 Å². The predicted octanol–water partition coefficient (Wildman–Crippen LogP) is 3.30. The van der Waals surface area contributed by atoms with Gasteiger partial charge < -0.3 is 4.98 Å². The number of aromatic amines is 1. The molecule has 1 atom stereocenters. The van der Waals surface area contributed by atoms with Gasteiger partial charge in [0.15, 0.2) is 0 Å². The average Bonchev–Trinajstić information content (AvgIpc) is 2.48. The summed E-state index contributed by atoms with van der Waals surface area (Å²) in [5.41, 5.74) is 3.38. The fourth-order valence-corrected chi connectivity index (χ4v) is 3.44. The monoisotopic (exact) mass is 326 g/mol. The van der Waals surface area contributed by atoms with E-state index in [0.29, 0.717) is 6.42 Å². The normalized spacial score (nSPS) is 13.8. The Hall–Kier alpha value is -2.40. The van der Waals surface area contributed by atoms with Crippen molar-refractivity contribution in [3.8, 4) is 0 Å². The van der Waals surface area contributed by atoms with Gasteiger partial charge in [0.25, 0.3) is 5.56 Å². The van der Waals surface area contributed by atoms with Crippen LogP contribution in [0, 0.1) is 4.78 Å². The summed E-state index contributed by atoms with van der Waals surface area (Å²) >= 11 is 0. The smallest absolute Gasteiger partial charge is 0.251 e. The Labute approximate surface area is 135 Å². The third-order valence-electron chi connectivity index (χ3n) is 3.69. The van der Waals surface area contributed by atoms with Crippen LogP contribution in [0.5, 0.6) is 0 Å². The molecule has 1 aromatic heterocycles. The van der Waals surface area contributed by atoms with E-state index >= 15 is 0 Å². The van der Waals surface area contributed by atoms with Crippen LogP contribution >= 0.6 is 0 Å². The number of pyridine rings is 1. The summed E-state index contributed by atoms with van der Waals surface area (Å²) in [5.74, 6) is 0.254. The minimum absolute atomic E-state index is 0.0736. The Bertz CT molecular complexity index is 1000. The van der Waals surface area contributed by atoms with Crippen LogP contribution in [-0.2, 0) is 21.9 Å². The van der Waals surface area contributed by atoms with Crippen molar-refractivity contribution in [2.75, 3.05) is 6.26 Å². The van der Waals surface area contributed by atoms with E-state index in [4.69, 9.17) is 4.78 Å². The number of benzene rings is 2. The predicted molar refractivity (Wildman–Crippen MR) is 94.3 cm³/mol. The van der Waals surface area contributed by atoms with Gasteiger partial charge in [-0.1, -0.05) is 42.5 Å². The molecule has 1 unspecified atom stereocenters. The molecule has 0 spiro atoms. The third kappa shape index (κ3) is 3.87. The van der Waals surface area contributed by atoms with Crippen molar-refractivity contribution in [3.05, 3.63) is 81.6 Å². The largest absolute Gasteiger partial charge is 0.322 e. The highest BCUT2D eigenvalue weighted by molar-refractivity contribution is 7.90. The topological polar surface area (TPSA) is 73.8 Å². The van der Waals surface area contributed by atoms with Crippen molar-refractivity contribution in [2.45, 2.75) is 12.2 Å². The fraction of sp³-hybridized carbons (Fsp3) is 0.167. The standard InChI is InChI=1S/C18H18N2O2S/c1-23(19,22)12-14-8-6-13(7-9-14)10-16-11-15-4-2-3-5-17(15)20-18(16)21/h2-9,11,19H,10,12H2,1H3,(H,20,21). The Balaban J connectivity index is 1.87. The van der Waals surface area contributed by atoms with E-state index in [1.54, 1.807) is 0 Å². The summed E-state index contributed by atoms with van der Waals surface area (Å²) in [6.45, 7) is 0. The van der Waals surface area contributed by atoms with Crippen molar-refractivity contribution >= 4 is 20.6 Å². The van der Waals surface area contributed by atoms with E-state index in [2.05, 4.69) is 4.98 Å². The summed E-state index contributed by atoms with van der Waals surface area (Å²) in [6.07, 6.45) is 1.98. The van der Waals surface area contributed by atoms with Crippen molar-refractivity contribution in [1.82, 2.24) is 4.98 Å². The van der Waals surface area contributed by atoms with E-state index in [0.717, 1.165) is 27.6 Å². The van der Waals surface area contributed by atoms with E-state index in [-0.39, 0.29) is 11.3 Å². The molecule has 0 aliphatic rings. The lowest BCUT2D eigenvalue weighted by Crippen LogP contribution is -2.12. The first-order valence-electron chi connectivity index (χ1n) is 7.31. The van der Waals surface area contributed by atoms with Gasteiger partial charge in [-0.2, -0.15) is 0 Å². The summed E-state index contributed by atoms with van der Waals surface area (Å²) < 4.78 is 19.0. The number of aromatic nitrogens is 1. The van der Waals surface area contributed by atoms with Crippen molar-refractivity contribution < 1.29 is 4.21 Å². The minimum atomic E-state index is -2.53. The van der Waals surface area contributed by atoms with Gasteiger partial charge >= 0.3 is 0 Å². The van der Waals surface area contributed by atoms with Crippen LogP contribution in [0.1, 0.15) is 16.7 Å². The highest BCUT2D eigenvalue weighted by Crippen LogP contribution is 2.14. The van der Waals surface area contributed by atoms with Gasteiger partial charge in [0.05, 0.1) is 5.75 Å². The number of hydrogen-bond acceptors (Lipinski definition) is 3. The second-order valence-corrected chi connectivity index (χ2v) is 8.15. The molecule has 23 heavy (non-hydrogen) atoms. The van der Waals surface area contributed by atoms with Crippen LogP contribution in [0.4, 0.5) is 0 Å². The Morgan fingerprint density at radius 1 is 1.04 bits per heavy atom. The number of hydrogen-bond donors (Lipinski definition) is 2. The molecule has 3 rings (SSSR count). The lowest BCUT2D eigenvalue weighted by Gasteiger charge is -2.06. The van der Waals surface area contributed by atoms with Gasteiger partial charge in [-0.3, -0.25) is 9.57 Å². The van der Waals surface area contributed by atoms with E-state index in [1.165, 1.54) is 6.26 Å². The Kier molecular flexibility index (Phi) is 4.05. The molecule has 0 saturated heterocycles. The number of H-pyrrole nitrogens is 1. The van der Waals surface area contributed by atoms with Gasteiger partial charge in [0.2, 0.25) is 0 Å². The summed E-state index contributed by atoms with van der Waals surface area (Å²) in [6, 6.07) is 17.2. The van der Waals surface area contributed by atoms with E-state index < -0.39 is 9.73 Å². The number of fused-ring (bicyclic) bond motifs is 1. The molecule has 0 amide bonds. The van der Waals surface area contributed by atoms with Crippen LogP contribution in [0.25, 0.3) is 10.9 Å². The molecule has 0 saturated carbocycles. The lowest BCUT2D eigenvalue weighted by atomic mass is 10.0. The van der Waals surface area contributed by atoms with Gasteiger partial charge in [0, 0.05) is 33.5 Å². The van der Waals surface area contributed by atoms with Gasteiger partial charge in [-0.05, 0) is 28.6 Å². The number of rotatable bonds is 4. The van der Waals surface area contributed by atoms with Gasteiger partial charge in [-0.15, -0.1) is 0 Å². The molecule has 0 aliphatic carbocycles. The van der Waals surface area contributed by atoms with Crippen LogP contribution in [0.15, 0.2) is 59.4 Å². The fourth-order valence-electron chi connectivity index (χ4n) is 2.62. The highest BCUT2D eigenvalue weighted by Gasteiger charge is 2.05. The SMILES string of the molecule is CS(=N)(=O)Cc1ccc(Cc2cc3ccccc3[nH]c2=O)cc1. The zero-order valence-corrected chi connectivity index (χ0v) is 13.7. The molecule has 118 valence electrons. The molecular weight excluding hydrogens is 308 g/mol. The quantitative estimate of drug-likeness (QED) is 0.772. The number of nitrogens with one attached hydrogen (secondary N) is 2. The molecule has 0 aliphatic heterocycles. The molecule has 2 aromatic carbocycles. The van der Waals surface area contributed by atoms with Crippen molar-refractivity contribution in [1.29, 1.82) is 4.78 Å². The maximum Gasteiger partial charge on any atom is 0.251 e. The maximum atomic E-state index is 12.2. The maximum absolute atomic E-state index is 12.2. The summed E-state index contributed by atoms with van der Waals surface area (Å²) in [5, 5.41) is 1.01. The van der Waals surface area contributed by atoms with Gasteiger partial charge in [0.1, 0.15) is 0 Å². The molecule has 0 fully saturated rings. The van der Waals surface area contributed by atoms with Crippen LogP contribution in [0.3, 0.4) is 0 Å². The van der Waals surface area contributed by atoms with Crippen LogP contribution < -0.4 is 5.56 Å². The van der Waals surface area contributed by atoms with Crippen molar-refractivity contribution in [2.24, 2.45) is 0 Å². The Morgan fingerprint density at radius 3 is 2.39 bits per heavy atom. The second kappa shape index (κ2) is 6.01. The zero-order chi connectivity index (χ0) is 16.4. The first-order chi connectivity index (χ1) is 10.9. The highest BCUT2D eigenvalue weighted by atomic mass is 32.2. The van der Waals surface area contributed by atoms with Crippen molar-refractivity contribution in [3.63, 3.8) is 0 Å². The molecule has 0 bridgehead atoms. The minimum Gasteiger partial charge on any atom is -0.322 e. The molecule has 0 radical (unpaired) electrons. The molecular formula is C18H18N2O2S. The third-order valence-corrected chi connectivity index (χ3v) is 4.57. The Morgan fingerprint density at radius 2 is 1.70 bits per heavy atom. The molecule has 3 aromatic rings. The summed E-state index contributed by atoms with van der Waals surface area (Å²) in [7, 11) is -2.53. The van der Waals surface area contributed by atoms with Gasteiger partial charge in [-0.25, -0.2) is 4.21 Å². The molecule has 4 nitrogen and oxygen atoms in total. The second-order valence-electron chi connectivity index (χ2n) is 5.85. The molecule has 1 heterocycles. The average molecular weight is 326 g/mol. The van der Waals surface area contributed by atoms with E-state index in [1.807, 2.05) is 54.6 Å². The number of para-hydroxylation sites is 1. The molecule has 5 heteroatoms. The zero-order valence-electron chi connectivity index (χ0n) is 12.8. The summed E-state index contributed by atoms with van der Waals surface area (Å²) in [4.78, 5) is 15.1. The van der Waals surface area contributed by atoms with Crippen LogP contribution in [0.2, 0.25) is 0 Å². The first kappa shape index (κ1) is 15.5. The lowest BCUT2D eigenvalue weighted by molar-refractivity contribution is 0.678. The molecule has 2 N–H and O–H groups in total. The first-order valence-corrected chi connectivity index (χ1v) is 9.44.